The second-order valence-corrected chi connectivity index (χ2v) is 9.69. The Labute approximate surface area is 196 Å². The number of hydrogen-bond acceptors (Lipinski definition) is 7. The smallest absolute Gasteiger partial charge is 0.270 e. The van der Waals surface area contributed by atoms with Gasteiger partial charge in [-0.1, -0.05) is 17.4 Å². The summed E-state index contributed by atoms with van der Waals surface area (Å²) in [4.78, 5) is 32.4. The van der Waals surface area contributed by atoms with Crippen LogP contribution in [0.15, 0.2) is 36.4 Å². The summed E-state index contributed by atoms with van der Waals surface area (Å²) in [5, 5.41) is 15.0. The van der Waals surface area contributed by atoms with Crippen LogP contribution in [-0.2, 0) is 12.8 Å². The number of hydrogen-bond donors (Lipinski definition) is 1. The van der Waals surface area contributed by atoms with Gasteiger partial charge in [-0.15, -0.1) is 0 Å². The molecule has 33 heavy (non-hydrogen) atoms. The van der Waals surface area contributed by atoms with Crippen LogP contribution in [0.2, 0.25) is 0 Å². The van der Waals surface area contributed by atoms with E-state index in [1.54, 1.807) is 12.1 Å². The molecule has 0 unspecified atom stereocenters. The third-order valence-electron chi connectivity index (χ3n) is 6.54. The zero-order chi connectivity index (χ0) is 22.8. The summed E-state index contributed by atoms with van der Waals surface area (Å²) < 4.78 is 0.839. The lowest BCUT2D eigenvalue weighted by Gasteiger charge is -2.34. The van der Waals surface area contributed by atoms with Crippen LogP contribution in [0.5, 0.6) is 0 Å². The lowest BCUT2D eigenvalue weighted by molar-refractivity contribution is -0.384. The van der Waals surface area contributed by atoms with Gasteiger partial charge in [0.15, 0.2) is 5.13 Å². The summed E-state index contributed by atoms with van der Waals surface area (Å²) in [7, 11) is 0. The highest BCUT2D eigenvalue weighted by Crippen LogP contribution is 2.31. The first kappa shape index (κ1) is 21.8. The first-order valence-electron chi connectivity index (χ1n) is 11.5. The van der Waals surface area contributed by atoms with E-state index in [0.29, 0.717) is 6.54 Å². The van der Waals surface area contributed by atoms with E-state index in [1.165, 1.54) is 41.4 Å². The SMILES string of the molecule is O=C(NCCN1CCN(c2nc3ccc([N+](=O)[O-])cc3s2)CC1)c1ccc2c(c1)CCCC2. The number of thiazole rings is 1. The van der Waals surface area contributed by atoms with Gasteiger partial charge < -0.3 is 10.2 Å². The minimum Gasteiger partial charge on any atom is -0.351 e. The van der Waals surface area contributed by atoms with E-state index < -0.39 is 0 Å². The molecule has 3 aromatic rings. The second kappa shape index (κ2) is 9.44. The van der Waals surface area contributed by atoms with Crippen LogP contribution in [-0.4, -0.2) is 60.0 Å². The molecule has 0 atom stereocenters. The van der Waals surface area contributed by atoms with Crippen LogP contribution in [0, 0.1) is 10.1 Å². The molecule has 1 saturated heterocycles. The number of aromatic nitrogens is 1. The van der Waals surface area contributed by atoms with E-state index in [9.17, 15) is 14.9 Å². The summed E-state index contributed by atoms with van der Waals surface area (Å²) >= 11 is 1.50. The number of nitrogens with one attached hydrogen (secondary N) is 1. The Balaban J connectivity index is 1.10. The molecule has 1 aromatic heterocycles. The van der Waals surface area contributed by atoms with E-state index in [1.807, 2.05) is 6.07 Å². The third-order valence-corrected chi connectivity index (χ3v) is 7.62. The summed E-state index contributed by atoms with van der Waals surface area (Å²) in [6.45, 7) is 4.92. The Morgan fingerprint density at radius 2 is 1.85 bits per heavy atom. The largest absolute Gasteiger partial charge is 0.351 e. The van der Waals surface area contributed by atoms with E-state index in [2.05, 4.69) is 32.2 Å². The number of fused-ring (bicyclic) bond motifs is 2. The van der Waals surface area contributed by atoms with Gasteiger partial charge in [-0.25, -0.2) is 4.98 Å². The fourth-order valence-electron chi connectivity index (χ4n) is 4.62. The number of anilines is 1. The summed E-state index contributed by atoms with van der Waals surface area (Å²) in [6.07, 6.45) is 4.65. The highest BCUT2D eigenvalue weighted by atomic mass is 32.1. The van der Waals surface area contributed by atoms with E-state index in [0.717, 1.165) is 66.5 Å². The summed E-state index contributed by atoms with van der Waals surface area (Å²) in [5.74, 6) is 0.00517. The van der Waals surface area contributed by atoms with Crippen LogP contribution in [0.3, 0.4) is 0 Å². The number of rotatable bonds is 6. The van der Waals surface area contributed by atoms with Gasteiger partial charge in [0.25, 0.3) is 11.6 Å². The number of carbonyl (C=O) groups is 1. The van der Waals surface area contributed by atoms with Gasteiger partial charge in [0.1, 0.15) is 0 Å². The number of piperazine rings is 1. The van der Waals surface area contributed by atoms with Crippen molar-refractivity contribution in [3.8, 4) is 0 Å². The molecule has 1 N–H and O–H groups in total. The molecule has 9 heteroatoms. The maximum absolute atomic E-state index is 12.6. The van der Waals surface area contributed by atoms with Crippen molar-refractivity contribution in [1.82, 2.24) is 15.2 Å². The Morgan fingerprint density at radius 3 is 2.64 bits per heavy atom. The van der Waals surface area contributed by atoms with Gasteiger partial charge in [-0.2, -0.15) is 0 Å². The fourth-order valence-corrected chi connectivity index (χ4v) is 5.67. The Kier molecular flexibility index (Phi) is 6.24. The lowest BCUT2D eigenvalue weighted by Crippen LogP contribution is -2.48. The van der Waals surface area contributed by atoms with Gasteiger partial charge >= 0.3 is 0 Å². The molecule has 1 fully saturated rings. The number of aryl methyl sites for hydroxylation is 2. The lowest BCUT2D eigenvalue weighted by atomic mass is 9.90. The maximum atomic E-state index is 12.6. The van der Waals surface area contributed by atoms with Crippen molar-refractivity contribution in [3.05, 3.63) is 63.2 Å². The Bertz CT molecular complexity index is 1190. The summed E-state index contributed by atoms with van der Waals surface area (Å²) in [6, 6.07) is 10.9. The van der Waals surface area contributed by atoms with Crippen molar-refractivity contribution >= 4 is 38.3 Å². The molecule has 0 spiro atoms. The molecule has 2 aromatic carbocycles. The highest BCUT2D eigenvalue weighted by molar-refractivity contribution is 7.22. The average molecular weight is 466 g/mol. The number of non-ortho nitro benzene ring substituents is 1. The number of benzene rings is 2. The van der Waals surface area contributed by atoms with Gasteiger partial charge in [-0.3, -0.25) is 19.8 Å². The van der Waals surface area contributed by atoms with Crippen molar-refractivity contribution in [1.29, 1.82) is 0 Å². The predicted molar refractivity (Wildman–Crippen MR) is 130 cm³/mol. The van der Waals surface area contributed by atoms with Crippen molar-refractivity contribution in [3.63, 3.8) is 0 Å². The fraction of sp³-hybridized carbons (Fsp3) is 0.417. The number of amides is 1. The molecule has 172 valence electrons. The van der Waals surface area contributed by atoms with E-state index >= 15 is 0 Å². The van der Waals surface area contributed by atoms with Crippen LogP contribution in [0.1, 0.15) is 34.3 Å². The third kappa shape index (κ3) is 4.84. The zero-order valence-electron chi connectivity index (χ0n) is 18.5. The van der Waals surface area contributed by atoms with Gasteiger partial charge in [0.2, 0.25) is 0 Å². The normalized spacial score (nSPS) is 16.5. The molecule has 0 saturated carbocycles. The zero-order valence-corrected chi connectivity index (χ0v) is 19.3. The minimum atomic E-state index is -0.373. The number of carbonyl (C=O) groups excluding carboxylic acids is 1. The predicted octanol–water partition coefficient (Wildman–Crippen LogP) is 3.64. The van der Waals surface area contributed by atoms with E-state index in [4.69, 9.17) is 0 Å². The van der Waals surface area contributed by atoms with Crippen molar-refractivity contribution in [2.24, 2.45) is 0 Å². The second-order valence-electron chi connectivity index (χ2n) is 8.68. The number of nitrogens with zero attached hydrogens (tertiary/aromatic N) is 4. The summed E-state index contributed by atoms with van der Waals surface area (Å²) in [5.41, 5.74) is 4.38. The van der Waals surface area contributed by atoms with Gasteiger partial charge in [-0.05, 0) is 55.0 Å². The molecule has 1 aliphatic carbocycles. The first-order valence-corrected chi connectivity index (χ1v) is 12.3. The molecule has 2 aliphatic rings. The molecular weight excluding hydrogens is 438 g/mol. The quantitative estimate of drug-likeness (QED) is 0.442. The Morgan fingerprint density at radius 1 is 1.06 bits per heavy atom. The van der Waals surface area contributed by atoms with Crippen LogP contribution in [0.4, 0.5) is 10.8 Å². The molecule has 0 radical (unpaired) electrons. The monoisotopic (exact) mass is 465 g/mol. The van der Waals surface area contributed by atoms with Crippen molar-refractivity contribution in [2.75, 3.05) is 44.2 Å². The molecule has 1 aliphatic heterocycles. The van der Waals surface area contributed by atoms with Crippen LogP contribution < -0.4 is 10.2 Å². The molecule has 2 heterocycles. The standard InChI is InChI=1S/C24H27N5O3S/c30-23(19-6-5-17-3-1-2-4-18(17)15-19)25-9-10-27-11-13-28(14-12-27)24-26-21-8-7-20(29(31)32)16-22(21)33-24/h5-8,15-16H,1-4,9-14H2,(H,25,30). The highest BCUT2D eigenvalue weighted by Gasteiger charge is 2.21. The van der Waals surface area contributed by atoms with E-state index in [-0.39, 0.29) is 16.5 Å². The molecule has 0 bridgehead atoms. The Hall–Kier alpha value is -3.04. The average Bonchev–Trinajstić information content (AvgIpc) is 3.27. The topological polar surface area (TPSA) is 91.6 Å². The molecule has 5 rings (SSSR count). The number of nitro groups is 1. The van der Waals surface area contributed by atoms with Gasteiger partial charge in [0, 0.05) is 57.0 Å². The van der Waals surface area contributed by atoms with Crippen molar-refractivity contribution < 1.29 is 9.72 Å². The van der Waals surface area contributed by atoms with Crippen LogP contribution >= 0.6 is 11.3 Å². The first-order chi connectivity index (χ1) is 16.1. The minimum absolute atomic E-state index is 0.00517. The van der Waals surface area contributed by atoms with Gasteiger partial charge in [0.05, 0.1) is 15.1 Å². The van der Waals surface area contributed by atoms with Crippen LogP contribution in [0.25, 0.3) is 10.2 Å². The number of nitro benzene ring substituents is 1. The molecule has 8 nitrogen and oxygen atoms in total. The molecular formula is C24H27N5O3S. The maximum Gasteiger partial charge on any atom is 0.270 e. The van der Waals surface area contributed by atoms with Crippen molar-refractivity contribution in [2.45, 2.75) is 25.7 Å². The molecule has 1 amide bonds.